The molecule has 0 N–H and O–H groups in total. The van der Waals surface area contributed by atoms with Crippen molar-refractivity contribution < 1.29 is 13.2 Å². The third-order valence-corrected chi connectivity index (χ3v) is 3.00. The zero-order chi connectivity index (χ0) is 14.6. The maximum atomic E-state index is 12.4. The van der Waals surface area contributed by atoms with Crippen LogP contribution in [0.2, 0.25) is 0 Å². The molecule has 0 radical (unpaired) electrons. The van der Waals surface area contributed by atoms with Crippen LogP contribution in [0.1, 0.15) is 22.3 Å². The first kappa shape index (κ1) is 14.1. The van der Waals surface area contributed by atoms with Crippen LogP contribution in [-0.4, -0.2) is 0 Å². The molecule has 0 aliphatic heterocycles. The summed E-state index contributed by atoms with van der Waals surface area (Å²) < 4.78 is 37.3. The predicted octanol–water partition coefficient (Wildman–Crippen LogP) is 4.36. The van der Waals surface area contributed by atoms with E-state index in [0.717, 1.165) is 28.8 Å². The molecule has 0 spiro atoms. The topological polar surface area (TPSA) is 23.8 Å². The monoisotopic (exact) mass is 275 g/mol. The normalized spacial score (nSPS) is 11.1. The van der Waals surface area contributed by atoms with Gasteiger partial charge >= 0.3 is 6.18 Å². The van der Waals surface area contributed by atoms with Crippen LogP contribution in [0, 0.1) is 11.3 Å². The lowest BCUT2D eigenvalue weighted by atomic mass is 10.0. The van der Waals surface area contributed by atoms with Crippen molar-refractivity contribution in [3.63, 3.8) is 0 Å². The summed E-state index contributed by atoms with van der Waals surface area (Å²) in [5.41, 5.74) is 2.13. The zero-order valence-electron chi connectivity index (χ0n) is 10.6. The highest BCUT2D eigenvalue weighted by Crippen LogP contribution is 2.29. The quantitative estimate of drug-likeness (QED) is 0.816. The van der Waals surface area contributed by atoms with E-state index in [-0.39, 0.29) is 0 Å². The molecule has 0 aliphatic carbocycles. The number of halogens is 3. The van der Waals surface area contributed by atoms with Crippen LogP contribution in [0.4, 0.5) is 13.2 Å². The third kappa shape index (κ3) is 3.61. The highest BCUT2D eigenvalue weighted by molar-refractivity contribution is 5.31. The summed E-state index contributed by atoms with van der Waals surface area (Å²) >= 11 is 0. The number of rotatable bonds is 3. The second kappa shape index (κ2) is 5.79. The minimum absolute atomic E-state index is 0.362. The fraction of sp³-hybridized carbons (Fsp3) is 0.188. The van der Waals surface area contributed by atoms with Crippen molar-refractivity contribution in [2.45, 2.75) is 19.0 Å². The molecule has 4 heteroatoms. The first-order valence-electron chi connectivity index (χ1n) is 6.10. The maximum Gasteiger partial charge on any atom is 0.416 e. The number of nitriles is 1. The van der Waals surface area contributed by atoms with Crippen molar-refractivity contribution in [3.05, 3.63) is 70.8 Å². The van der Waals surface area contributed by atoms with Crippen LogP contribution in [0.15, 0.2) is 48.5 Å². The van der Waals surface area contributed by atoms with Crippen molar-refractivity contribution >= 4 is 0 Å². The van der Waals surface area contributed by atoms with Crippen molar-refractivity contribution in [2.24, 2.45) is 0 Å². The van der Waals surface area contributed by atoms with Crippen molar-refractivity contribution in [1.82, 2.24) is 0 Å². The largest absolute Gasteiger partial charge is 0.416 e. The molecule has 0 aliphatic rings. The molecule has 102 valence electrons. The van der Waals surface area contributed by atoms with E-state index in [1.54, 1.807) is 0 Å². The summed E-state index contributed by atoms with van der Waals surface area (Å²) in [6, 6.07) is 14.8. The molecule has 0 bridgehead atoms. The maximum absolute atomic E-state index is 12.4. The number of hydrogen-bond acceptors (Lipinski definition) is 1. The molecule has 0 unspecified atom stereocenters. The lowest BCUT2D eigenvalue weighted by molar-refractivity contribution is -0.137. The van der Waals surface area contributed by atoms with E-state index in [4.69, 9.17) is 5.26 Å². The highest BCUT2D eigenvalue weighted by atomic mass is 19.4. The van der Waals surface area contributed by atoms with Gasteiger partial charge in [0.15, 0.2) is 0 Å². The van der Waals surface area contributed by atoms with E-state index >= 15 is 0 Å². The summed E-state index contributed by atoms with van der Waals surface area (Å²) in [5, 5.41) is 8.57. The standard InChI is InChI=1S/C16H12F3N/c17-16(18,19)15-7-5-14(6-8-15)11-13-3-1-12(2-4-13)9-10-20/h1-8H,9,11H2. The van der Waals surface area contributed by atoms with Crippen LogP contribution < -0.4 is 0 Å². The lowest BCUT2D eigenvalue weighted by Gasteiger charge is -2.08. The molecule has 20 heavy (non-hydrogen) atoms. The Morgan fingerprint density at radius 1 is 0.800 bits per heavy atom. The Bertz CT molecular complexity index is 604. The van der Waals surface area contributed by atoms with Gasteiger partial charge in [-0.2, -0.15) is 18.4 Å². The molecule has 2 aromatic carbocycles. The predicted molar refractivity (Wildman–Crippen MR) is 70.0 cm³/mol. The number of hydrogen-bond donors (Lipinski definition) is 0. The summed E-state index contributed by atoms with van der Waals surface area (Å²) in [7, 11) is 0. The lowest BCUT2D eigenvalue weighted by Crippen LogP contribution is -2.04. The first-order valence-corrected chi connectivity index (χ1v) is 6.10. The van der Waals surface area contributed by atoms with Crippen molar-refractivity contribution in [2.75, 3.05) is 0 Å². The third-order valence-electron chi connectivity index (χ3n) is 3.00. The molecule has 0 atom stereocenters. The van der Waals surface area contributed by atoms with Gasteiger partial charge in [0.2, 0.25) is 0 Å². The van der Waals surface area contributed by atoms with Gasteiger partial charge in [0.25, 0.3) is 0 Å². The molecule has 2 aromatic rings. The van der Waals surface area contributed by atoms with E-state index < -0.39 is 11.7 Å². The fourth-order valence-corrected chi connectivity index (χ4v) is 1.91. The smallest absolute Gasteiger partial charge is 0.198 e. The summed E-state index contributed by atoms with van der Waals surface area (Å²) in [4.78, 5) is 0. The highest BCUT2D eigenvalue weighted by Gasteiger charge is 2.29. The van der Waals surface area contributed by atoms with Gasteiger partial charge in [-0.25, -0.2) is 0 Å². The molecule has 0 amide bonds. The first-order chi connectivity index (χ1) is 9.49. The van der Waals surface area contributed by atoms with Crippen LogP contribution in [0.3, 0.4) is 0 Å². The van der Waals surface area contributed by atoms with E-state index in [1.165, 1.54) is 12.1 Å². The Balaban J connectivity index is 2.08. The average molecular weight is 275 g/mol. The summed E-state index contributed by atoms with van der Waals surface area (Å²) in [6.07, 6.45) is -3.36. The SMILES string of the molecule is N#CCc1ccc(Cc2ccc(C(F)(F)F)cc2)cc1. The van der Waals surface area contributed by atoms with Crippen LogP contribution >= 0.6 is 0 Å². The van der Waals surface area contributed by atoms with E-state index in [2.05, 4.69) is 6.07 Å². The van der Waals surface area contributed by atoms with Gasteiger partial charge in [-0.3, -0.25) is 0 Å². The number of benzene rings is 2. The second-order valence-electron chi connectivity index (χ2n) is 4.52. The fourth-order valence-electron chi connectivity index (χ4n) is 1.91. The van der Waals surface area contributed by atoms with Gasteiger partial charge in [-0.05, 0) is 35.2 Å². The molecule has 0 aromatic heterocycles. The zero-order valence-corrected chi connectivity index (χ0v) is 10.6. The Morgan fingerprint density at radius 3 is 1.70 bits per heavy atom. The molecule has 0 saturated carbocycles. The molecule has 0 heterocycles. The van der Waals surface area contributed by atoms with Gasteiger partial charge in [-0.1, -0.05) is 36.4 Å². The Labute approximate surface area is 115 Å². The number of alkyl halides is 3. The van der Waals surface area contributed by atoms with E-state index in [0.29, 0.717) is 12.8 Å². The van der Waals surface area contributed by atoms with Crippen molar-refractivity contribution in [1.29, 1.82) is 5.26 Å². The number of nitrogens with zero attached hydrogens (tertiary/aromatic N) is 1. The molecule has 2 rings (SSSR count). The summed E-state index contributed by atoms with van der Waals surface area (Å²) in [6.45, 7) is 0. The summed E-state index contributed by atoms with van der Waals surface area (Å²) in [5.74, 6) is 0. The Hall–Kier alpha value is -2.28. The van der Waals surface area contributed by atoms with Gasteiger partial charge in [0.1, 0.15) is 0 Å². The average Bonchev–Trinajstić information content (AvgIpc) is 2.41. The molecule has 1 nitrogen and oxygen atoms in total. The van der Waals surface area contributed by atoms with Gasteiger partial charge < -0.3 is 0 Å². The van der Waals surface area contributed by atoms with Gasteiger partial charge in [0, 0.05) is 0 Å². The van der Waals surface area contributed by atoms with Crippen LogP contribution in [0.5, 0.6) is 0 Å². The van der Waals surface area contributed by atoms with Crippen LogP contribution in [-0.2, 0) is 19.0 Å². The molecular weight excluding hydrogens is 263 g/mol. The Kier molecular flexibility index (Phi) is 4.09. The minimum atomic E-state index is -4.29. The minimum Gasteiger partial charge on any atom is -0.198 e. The molecule has 0 fully saturated rings. The second-order valence-corrected chi connectivity index (χ2v) is 4.52. The van der Waals surface area contributed by atoms with Gasteiger partial charge in [-0.15, -0.1) is 0 Å². The molecular formula is C16H12F3N. The van der Waals surface area contributed by atoms with Crippen LogP contribution in [0.25, 0.3) is 0 Å². The van der Waals surface area contributed by atoms with E-state index in [9.17, 15) is 13.2 Å². The molecule has 0 saturated heterocycles. The van der Waals surface area contributed by atoms with E-state index in [1.807, 2.05) is 24.3 Å². The Morgan fingerprint density at radius 2 is 1.25 bits per heavy atom. The van der Waals surface area contributed by atoms with Gasteiger partial charge in [0.05, 0.1) is 18.1 Å². The van der Waals surface area contributed by atoms with Crippen molar-refractivity contribution in [3.8, 4) is 6.07 Å².